The molecule has 0 fully saturated rings. The molecule has 2 nitrogen and oxygen atoms in total. The molecule has 0 aliphatic heterocycles. The van der Waals surface area contributed by atoms with Crippen LogP contribution in [0, 0.1) is 0 Å². The fraction of sp³-hybridized carbons (Fsp3) is 0.462. The number of carbonyl (C=O) groups excluding carboxylic acids is 1. The minimum Gasteiger partial charge on any atom is -0.462 e. The zero-order valence-electron chi connectivity index (χ0n) is 9.86. The Bertz CT molecular complexity index is 336. The average Bonchev–Trinajstić information content (AvgIpc) is 2.30. The van der Waals surface area contributed by atoms with Gasteiger partial charge in [-0.25, -0.2) is 4.79 Å². The lowest BCUT2D eigenvalue weighted by atomic mass is 10.1. The van der Waals surface area contributed by atoms with Crippen molar-refractivity contribution in [3.8, 4) is 0 Å². The largest absolute Gasteiger partial charge is 0.462 e. The van der Waals surface area contributed by atoms with Crippen molar-refractivity contribution in [3.63, 3.8) is 0 Å². The van der Waals surface area contributed by atoms with E-state index in [4.69, 9.17) is 4.74 Å². The Labute approximate surface area is 101 Å². The number of esters is 1. The van der Waals surface area contributed by atoms with Crippen molar-refractivity contribution in [3.05, 3.63) is 35.4 Å². The molecule has 0 saturated heterocycles. The molecule has 0 aromatic heterocycles. The Hall–Kier alpha value is -0.960. The summed E-state index contributed by atoms with van der Waals surface area (Å²) >= 11 is 1.74. The molecule has 3 heteroatoms. The molecule has 0 heterocycles. The third-order valence-corrected chi connectivity index (χ3v) is 2.83. The van der Waals surface area contributed by atoms with Crippen LogP contribution in [-0.4, -0.2) is 18.8 Å². The van der Waals surface area contributed by atoms with Gasteiger partial charge in [-0.05, 0) is 30.4 Å². The zero-order chi connectivity index (χ0) is 11.8. The van der Waals surface area contributed by atoms with Gasteiger partial charge >= 0.3 is 5.97 Å². The molecule has 0 spiro atoms. The monoisotopic (exact) mass is 238 g/mol. The molecule has 0 bridgehead atoms. The van der Waals surface area contributed by atoms with Crippen LogP contribution in [0.15, 0.2) is 24.3 Å². The van der Waals surface area contributed by atoms with E-state index in [1.54, 1.807) is 17.8 Å². The Morgan fingerprint density at radius 3 is 2.94 bits per heavy atom. The maximum absolute atomic E-state index is 11.6. The van der Waals surface area contributed by atoms with Crippen LogP contribution in [0.4, 0.5) is 0 Å². The smallest absolute Gasteiger partial charge is 0.338 e. The lowest BCUT2D eigenvalue weighted by Crippen LogP contribution is -2.06. The Morgan fingerprint density at radius 1 is 1.44 bits per heavy atom. The molecule has 1 aromatic rings. The first-order valence-electron chi connectivity index (χ1n) is 5.53. The van der Waals surface area contributed by atoms with E-state index in [0.29, 0.717) is 12.2 Å². The van der Waals surface area contributed by atoms with Crippen LogP contribution in [0.3, 0.4) is 0 Å². The van der Waals surface area contributed by atoms with Crippen LogP contribution in [0.1, 0.15) is 35.7 Å². The van der Waals surface area contributed by atoms with Gasteiger partial charge in [0.05, 0.1) is 12.2 Å². The second-order valence-corrected chi connectivity index (χ2v) is 4.49. The molecular weight excluding hydrogens is 220 g/mol. The van der Waals surface area contributed by atoms with Crippen LogP contribution >= 0.6 is 11.8 Å². The molecule has 0 atom stereocenters. The van der Waals surface area contributed by atoms with Crippen molar-refractivity contribution in [2.45, 2.75) is 25.5 Å². The van der Waals surface area contributed by atoms with Gasteiger partial charge in [-0.15, -0.1) is 0 Å². The molecule has 1 aromatic carbocycles. The van der Waals surface area contributed by atoms with Gasteiger partial charge in [0.2, 0.25) is 0 Å². The van der Waals surface area contributed by atoms with Crippen molar-refractivity contribution in [2.75, 3.05) is 12.9 Å². The summed E-state index contributed by atoms with van der Waals surface area (Å²) in [7, 11) is 0. The first-order valence-corrected chi connectivity index (χ1v) is 6.92. The highest BCUT2D eigenvalue weighted by atomic mass is 32.2. The molecule has 0 aliphatic rings. The summed E-state index contributed by atoms with van der Waals surface area (Å²) in [6.07, 6.45) is 4.02. The van der Waals surface area contributed by atoms with Crippen LogP contribution in [0.25, 0.3) is 0 Å². The van der Waals surface area contributed by atoms with E-state index in [0.717, 1.165) is 24.2 Å². The van der Waals surface area contributed by atoms with Gasteiger partial charge in [-0.1, -0.05) is 25.5 Å². The number of carbonyl (C=O) groups is 1. The van der Waals surface area contributed by atoms with Crippen LogP contribution < -0.4 is 0 Å². The van der Waals surface area contributed by atoms with E-state index in [2.05, 4.69) is 6.92 Å². The number of benzene rings is 1. The average molecular weight is 238 g/mol. The van der Waals surface area contributed by atoms with Gasteiger partial charge in [0.15, 0.2) is 0 Å². The zero-order valence-corrected chi connectivity index (χ0v) is 10.7. The molecule has 0 unspecified atom stereocenters. The number of thioether (sulfide) groups is 1. The summed E-state index contributed by atoms with van der Waals surface area (Å²) in [5.74, 6) is 0.715. The summed E-state index contributed by atoms with van der Waals surface area (Å²) in [6, 6.07) is 7.64. The summed E-state index contributed by atoms with van der Waals surface area (Å²) in [6.45, 7) is 2.59. The molecule has 1 rings (SSSR count). The second-order valence-electron chi connectivity index (χ2n) is 3.62. The molecule has 0 aliphatic carbocycles. The lowest BCUT2D eigenvalue weighted by molar-refractivity contribution is 0.0499. The maximum atomic E-state index is 11.6. The highest BCUT2D eigenvalue weighted by Crippen LogP contribution is 2.12. The third kappa shape index (κ3) is 4.27. The third-order valence-electron chi connectivity index (χ3n) is 2.20. The van der Waals surface area contributed by atoms with E-state index in [-0.39, 0.29) is 5.97 Å². The Kier molecular flexibility index (Phi) is 6.01. The molecule has 0 radical (unpaired) electrons. The van der Waals surface area contributed by atoms with E-state index >= 15 is 0 Å². The first kappa shape index (κ1) is 13.1. The van der Waals surface area contributed by atoms with Crippen LogP contribution in [0.2, 0.25) is 0 Å². The fourth-order valence-electron chi connectivity index (χ4n) is 1.35. The van der Waals surface area contributed by atoms with Gasteiger partial charge in [0.1, 0.15) is 0 Å². The predicted molar refractivity (Wildman–Crippen MR) is 68.9 cm³/mol. The van der Waals surface area contributed by atoms with Crippen molar-refractivity contribution in [1.29, 1.82) is 0 Å². The van der Waals surface area contributed by atoms with E-state index < -0.39 is 0 Å². The summed E-state index contributed by atoms with van der Waals surface area (Å²) in [4.78, 5) is 11.6. The van der Waals surface area contributed by atoms with E-state index in [1.807, 2.05) is 24.5 Å². The van der Waals surface area contributed by atoms with Crippen LogP contribution in [-0.2, 0) is 10.5 Å². The van der Waals surface area contributed by atoms with Gasteiger partial charge in [0, 0.05) is 5.75 Å². The van der Waals surface area contributed by atoms with Crippen molar-refractivity contribution < 1.29 is 9.53 Å². The second kappa shape index (κ2) is 7.34. The normalized spacial score (nSPS) is 10.1. The summed E-state index contributed by atoms with van der Waals surface area (Å²) in [5, 5.41) is 0. The molecular formula is C13H18O2S. The molecule has 88 valence electrons. The van der Waals surface area contributed by atoms with Crippen molar-refractivity contribution in [2.24, 2.45) is 0 Å². The number of rotatable bonds is 6. The van der Waals surface area contributed by atoms with Gasteiger partial charge in [-0.2, -0.15) is 11.8 Å². The minimum atomic E-state index is -0.212. The predicted octanol–water partition coefficient (Wildman–Crippen LogP) is 3.51. The van der Waals surface area contributed by atoms with E-state index in [9.17, 15) is 4.79 Å². The highest BCUT2D eigenvalue weighted by Gasteiger charge is 2.06. The molecule has 16 heavy (non-hydrogen) atoms. The molecule has 0 amide bonds. The van der Waals surface area contributed by atoms with Gasteiger partial charge in [-0.3, -0.25) is 0 Å². The highest BCUT2D eigenvalue weighted by molar-refractivity contribution is 7.97. The van der Waals surface area contributed by atoms with Crippen molar-refractivity contribution >= 4 is 17.7 Å². The number of hydrogen-bond donors (Lipinski definition) is 0. The first-order chi connectivity index (χ1) is 7.77. The minimum absolute atomic E-state index is 0.212. The maximum Gasteiger partial charge on any atom is 0.338 e. The standard InChI is InChI=1S/C13H18O2S/c1-3-4-8-15-13(14)12-7-5-6-11(9-12)10-16-2/h5-7,9H,3-4,8,10H2,1-2H3. The SMILES string of the molecule is CCCCOC(=O)c1cccc(CSC)c1. The number of unbranched alkanes of at least 4 members (excludes halogenated alkanes) is 1. The molecule has 0 N–H and O–H groups in total. The summed E-state index contributed by atoms with van der Waals surface area (Å²) < 4.78 is 5.16. The molecule has 0 saturated carbocycles. The quantitative estimate of drug-likeness (QED) is 0.560. The van der Waals surface area contributed by atoms with Gasteiger partial charge in [0.25, 0.3) is 0 Å². The lowest BCUT2D eigenvalue weighted by Gasteiger charge is -2.05. The Balaban J connectivity index is 2.57. The number of ether oxygens (including phenoxy) is 1. The Morgan fingerprint density at radius 2 is 2.25 bits per heavy atom. The van der Waals surface area contributed by atoms with E-state index in [1.165, 1.54) is 0 Å². The fourth-order valence-corrected chi connectivity index (χ4v) is 1.86. The van der Waals surface area contributed by atoms with Crippen molar-refractivity contribution in [1.82, 2.24) is 0 Å². The summed E-state index contributed by atoms with van der Waals surface area (Å²) in [5.41, 5.74) is 1.82. The van der Waals surface area contributed by atoms with Gasteiger partial charge < -0.3 is 4.74 Å². The number of hydrogen-bond acceptors (Lipinski definition) is 3. The topological polar surface area (TPSA) is 26.3 Å². The van der Waals surface area contributed by atoms with Crippen LogP contribution in [0.5, 0.6) is 0 Å².